The van der Waals surface area contributed by atoms with Crippen LogP contribution in [0.3, 0.4) is 0 Å². The highest BCUT2D eigenvalue weighted by atomic mass is 19.1. The monoisotopic (exact) mass is 185 g/mol. The molecule has 0 saturated carbocycles. The van der Waals surface area contributed by atoms with Crippen LogP contribution in [0.15, 0.2) is 18.3 Å². The Balaban J connectivity index is 0.000000252. The third-order valence-electron chi connectivity index (χ3n) is 1.11. The van der Waals surface area contributed by atoms with E-state index >= 15 is 0 Å². The zero-order valence-electron chi connectivity index (χ0n) is 7.66. The molecule has 1 aromatic rings. The summed E-state index contributed by atoms with van der Waals surface area (Å²) in [6.45, 7) is 4.53. The van der Waals surface area contributed by atoms with Gasteiger partial charge in [-0.1, -0.05) is 6.07 Å². The largest absolute Gasteiger partial charge is 0.468 e. The molecule has 72 valence electrons. The molecule has 0 bridgehead atoms. The summed E-state index contributed by atoms with van der Waals surface area (Å²) in [5.41, 5.74) is 0.978. The zero-order valence-corrected chi connectivity index (χ0v) is 7.66. The van der Waals surface area contributed by atoms with Crippen molar-refractivity contribution >= 4 is 6.47 Å². The predicted molar refractivity (Wildman–Crippen MR) is 46.6 cm³/mol. The summed E-state index contributed by atoms with van der Waals surface area (Å²) in [7, 11) is 0. The number of ether oxygens (including phenoxy) is 1. The highest BCUT2D eigenvalue weighted by Crippen LogP contribution is 1.94. The highest BCUT2D eigenvalue weighted by molar-refractivity contribution is 5.36. The summed E-state index contributed by atoms with van der Waals surface area (Å²) < 4.78 is 16.1. The molecule has 1 rings (SSSR count). The van der Waals surface area contributed by atoms with Crippen LogP contribution in [0.4, 0.5) is 4.39 Å². The predicted octanol–water partition coefficient (Wildman–Crippen LogP) is 1.71. The molecule has 0 spiro atoms. The van der Waals surface area contributed by atoms with E-state index in [2.05, 4.69) is 9.72 Å². The molecule has 0 radical (unpaired) electrons. The number of carbonyl (C=O) groups is 1. The number of hydrogen-bond donors (Lipinski definition) is 0. The van der Waals surface area contributed by atoms with Gasteiger partial charge in [0.15, 0.2) is 0 Å². The van der Waals surface area contributed by atoms with E-state index in [4.69, 9.17) is 0 Å². The number of rotatable bonds is 2. The van der Waals surface area contributed by atoms with Gasteiger partial charge in [0.05, 0.1) is 6.61 Å². The lowest BCUT2D eigenvalue weighted by molar-refractivity contribution is -0.128. The molecule has 0 aliphatic carbocycles. The number of aryl methyl sites for hydroxylation is 1. The average molecular weight is 185 g/mol. The second-order valence-electron chi connectivity index (χ2n) is 2.21. The van der Waals surface area contributed by atoms with Crippen LogP contribution in [-0.4, -0.2) is 18.1 Å². The summed E-state index contributed by atoms with van der Waals surface area (Å²) in [5.74, 6) is -0.421. The first-order valence-electron chi connectivity index (χ1n) is 3.84. The van der Waals surface area contributed by atoms with Crippen molar-refractivity contribution < 1.29 is 13.9 Å². The molecule has 3 nitrogen and oxygen atoms in total. The lowest BCUT2D eigenvalue weighted by atomic mass is 10.3. The van der Waals surface area contributed by atoms with Gasteiger partial charge in [-0.2, -0.15) is 4.39 Å². The highest BCUT2D eigenvalue weighted by Gasteiger charge is 1.85. The number of hydrogen-bond acceptors (Lipinski definition) is 3. The molecule has 0 aromatic carbocycles. The van der Waals surface area contributed by atoms with E-state index in [1.807, 2.05) is 6.92 Å². The minimum atomic E-state index is -0.421. The van der Waals surface area contributed by atoms with Crippen LogP contribution in [0.2, 0.25) is 0 Å². The van der Waals surface area contributed by atoms with Gasteiger partial charge in [-0.3, -0.25) is 4.79 Å². The van der Waals surface area contributed by atoms with E-state index in [1.165, 1.54) is 12.3 Å². The third-order valence-corrected chi connectivity index (χ3v) is 1.11. The van der Waals surface area contributed by atoms with E-state index in [-0.39, 0.29) is 0 Å². The zero-order chi connectivity index (χ0) is 10.1. The molecule has 0 atom stereocenters. The van der Waals surface area contributed by atoms with Crippen molar-refractivity contribution in [2.24, 2.45) is 0 Å². The smallest absolute Gasteiger partial charge is 0.293 e. The number of halogens is 1. The minimum absolute atomic E-state index is 0.421. The summed E-state index contributed by atoms with van der Waals surface area (Å²) in [5, 5.41) is 0. The fraction of sp³-hybridized carbons (Fsp3) is 0.333. The van der Waals surface area contributed by atoms with Crippen LogP contribution in [0, 0.1) is 12.9 Å². The molecule has 13 heavy (non-hydrogen) atoms. The molecule has 4 heteroatoms. The summed E-state index contributed by atoms with van der Waals surface area (Å²) in [4.78, 5) is 12.6. The molecule has 0 unspecified atom stereocenters. The van der Waals surface area contributed by atoms with Crippen LogP contribution >= 0.6 is 0 Å². The SMILES string of the molecule is CCOC=O.Cc1ccc(F)nc1. The van der Waals surface area contributed by atoms with Crippen molar-refractivity contribution in [1.29, 1.82) is 0 Å². The Morgan fingerprint density at radius 2 is 2.31 bits per heavy atom. The maximum absolute atomic E-state index is 12.0. The standard InChI is InChI=1S/C6H6FN.C3H6O2/c1-5-2-3-6(7)8-4-5;1-2-5-3-4/h2-4H,1H3;3H,2H2,1H3. The first-order valence-corrected chi connectivity index (χ1v) is 3.84. The quantitative estimate of drug-likeness (QED) is 0.520. The Morgan fingerprint density at radius 1 is 1.62 bits per heavy atom. The van der Waals surface area contributed by atoms with Gasteiger partial charge in [-0.15, -0.1) is 0 Å². The van der Waals surface area contributed by atoms with Crippen molar-refractivity contribution in [1.82, 2.24) is 4.98 Å². The normalized spacial score (nSPS) is 8.23. The molecule has 1 aromatic heterocycles. The van der Waals surface area contributed by atoms with Crippen LogP contribution < -0.4 is 0 Å². The van der Waals surface area contributed by atoms with Crippen LogP contribution in [-0.2, 0) is 9.53 Å². The maximum Gasteiger partial charge on any atom is 0.293 e. The summed E-state index contributed by atoms with van der Waals surface area (Å²) >= 11 is 0. The number of carbonyl (C=O) groups excluding carboxylic acids is 1. The van der Waals surface area contributed by atoms with E-state index in [0.29, 0.717) is 13.1 Å². The molecule has 0 aliphatic rings. The molecule has 0 N–H and O–H groups in total. The van der Waals surface area contributed by atoms with Crippen molar-refractivity contribution in [3.63, 3.8) is 0 Å². The second-order valence-corrected chi connectivity index (χ2v) is 2.21. The minimum Gasteiger partial charge on any atom is -0.468 e. The van der Waals surface area contributed by atoms with E-state index < -0.39 is 5.95 Å². The molecule has 0 fully saturated rings. The fourth-order valence-electron chi connectivity index (χ4n) is 0.518. The second kappa shape index (κ2) is 7.21. The van der Waals surface area contributed by atoms with Crippen molar-refractivity contribution in [3.05, 3.63) is 29.8 Å². The lowest BCUT2D eigenvalue weighted by Crippen LogP contribution is -1.80. The first-order chi connectivity index (χ1) is 6.20. The molecular formula is C9H12FNO2. The van der Waals surface area contributed by atoms with Gasteiger partial charge < -0.3 is 4.74 Å². The van der Waals surface area contributed by atoms with Crippen molar-refractivity contribution in [3.8, 4) is 0 Å². The number of nitrogens with zero attached hydrogens (tertiary/aromatic N) is 1. The van der Waals surface area contributed by atoms with Crippen LogP contribution in [0.25, 0.3) is 0 Å². The number of aromatic nitrogens is 1. The van der Waals surface area contributed by atoms with Crippen molar-refractivity contribution in [2.75, 3.05) is 6.61 Å². The van der Waals surface area contributed by atoms with Gasteiger partial charge >= 0.3 is 0 Å². The van der Waals surface area contributed by atoms with E-state index in [0.717, 1.165) is 5.56 Å². The topological polar surface area (TPSA) is 39.2 Å². The van der Waals surface area contributed by atoms with E-state index in [1.54, 1.807) is 13.0 Å². The molecule has 0 amide bonds. The molecule has 0 aliphatic heterocycles. The van der Waals surface area contributed by atoms with Gasteiger partial charge in [0, 0.05) is 6.20 Å². The van der Waals surface area contributed by atoms with Gasteiger partial charge in [0.2, 0.25) is 5.95 Å². The fourth-order valence-corrected chi connectivity index (χ4v) is 0.518. The maximum atomic E-state index is 12.0. The Kier molecular flexibility index (Phi) is 6.41. The third kappa shape index (κ3) is 6.93. The van der Waals surface area contributed by atoms with Gasteiger partial charge in [0.1, 0.15) is 0 Å². The Bertz CT molecular complexity index is 215. The van der Waals surface area contributed by atoms with Gasteiger partial charge in [-0.05, 0) is 25.5 Å². The van der Waals surface area contributed by atoms with E-state index in [9.17, 15) is 9.18 Å². The molecule has 0 saturated heterocycles. The van der Waals surface area contributed by atoms with Gasteiger partial charge in [-0.25, -0.2) is 4.98 Å². The average Bonchev–Trinajstić information content (AvgIpc) is 2.13. The van der Waals surface area contributed by atoms with Gasteiger partial charge in [0.25, 0.3) is 6.47 Å². The lowest BCUT2D eigenvalue weighted by Gasteiger charge is -1.86. The first kappa shape index (κ1) is 11.6. The number of pyridine rings is 1. The Morgan fingerprint density at radius 3 is 2.54 bits per heavy atom. The summed E-state index contributed by atoms with van der Waals surface area (Å²) in [6.07, 6.45) is 1.50. The van der Waals surface area contributed by atoms with Crippen LogP contribution in [0.5, 0.6) is 0 Å². The summed E-state index contributed by atoms with van der Waals surface area (Å²) in [6, 6.07) is 3.03. The van der Waals surface area contributed by atoms with Crippen LogP contribution in [0.1, 0.15) is 12.5 Å². The molecular weight excluding hydrogens is 173 g/mol. The van der Waals surface area contributed by atoms with Crippen molar-refractivity contribution in [2.45, 2.75) is 13.8 Å². The molecule has 1 heterocycles. The Hall–Kier alpha value is -1.45. The Labute approximate surface area is 76.6 Å².